The van der Waals surface area contributed by atoms with E-state index < -0.39 is 20.9 Å². The van der Waals surface area contributed by atoms with Crippen molar-refractivity contribution in [3.63, 3.8) is 0 Å². The number of thiophene rings is 1. The van der Waals surface area contributed by atoms with Gasteiger partial charge in [-0.3, -0.25) is 19.7 Å². The molecule has 0 aliphatic carbocycles. The molecule has 2 N–H and O–H groups in total. The summed E-state index contributed by atoms with van der Waals surface area (Å²) >= 11 is 0.751. The van der Waals surface area contributed by atoms with Gasteiger partial charge in [-0.2, -0.15) is 8.98 Å². The molecular weight excluding hydrogens is 372 g/mol. The van der Waals surface area contributed by atoms with Crippen LogP contribution in [0.25, 0.3) is 0 Å². The number of carbonyl (C=O) groups excluding carboxylic acids is 2. The number of ketones is 1. The largest absolute Gasteiger partial charge is 0.324 e. The van der Waals surface area contributed by atoms with Gasteiger partial charge in [0.15, 0.2) is 12.4 Å². The van der Waals surface area contributed by atoms with E-state index in [1.807, 2.05) is 0 Å². The van der Waals surface area contributed by atoms with Crippen molar-refractivity contribution in [2.24, 2.45) is 5.84 Å². The number of amides is 1. The number of pyridine rings is 1. The Morgan fingerprint density at radius 1 is 1.36 bits per heavy atom. The molecule has 1 amide bonds. The third kappa shape index (κ3) is 4.43. The number of hydrogen-bond acceptors (Lipinski definition) is 8. The van der Waals surface area contributed by atoms with Gasteiger partial charge >= 0.3 is 5.00 Å². The summed E-state index contributed by atoms with van der Waals surface area (Å²) in [6, 6.07) is 5.39. The number of nitrogens with two attached hydrogens (primary N) is 1. The van der Waals surface area contributed by atoms with Gasteiger partial charge in [0, 0.05) is 12.1 Å². The molecule has 0 unspecified atom stereocenters. The first kappa shape index (κ1) is 18.6. The average Bonchev–Trinajstić information content (AvgIpc) is 3.03. The molecule has 0 aromatic carbocycles. The van der Waals surface area contributed by atoms with Crippen molar-refractivity contribution in [2.45, 2.75) is 6.54 Å². The molecule has 0 saturated heterocycles. The van der Waals surface area contributed by atoms with Crippen molar-refractivity contribution < 1.29 is 27.5 Å². The van der Waals surface area contributed by atoms with Crippen LogP contribution in [-0.4, -0.2) is 35.7 Å². The number of nitrogens with zero attached hydrogens (tertiary/aromatic N) is 3. The molecular formula is C13H13N4O6S2+. The van der Waals surface area contributed by atoms with E-state index in [9.17, 15) is 28.1 Å². The van der Waals surface area contributed by atoms with Gasteiger partial charge < -0.3 is 0 Å². The molecule has 0 saturated carbocycles. The highest BCUT2D eigenvalue weighted by Crippen LogP contribution is 2.24. The quantitative estimate of drug-likeness (QED) is 0.185. The third-order valence-electron chi connectivity index (χ3n) is 3.04. The number of carbonyl (C=O) groups is 2. The van der Waals surface area contributed by atoms with Gasteiger partial charge in [0.25, 0.3) is 5.91 Å². The van der Waals surface area contributed by atoms with Gasteiger partial charge in [0.2, 0.25) is 22.4 Å². The molecule has 10 nitrogen and oxygen atoms in total. The summed E-state index contributed by atoms with van der Waals surface area (Å²) < 4.78 is 24.1. The molecule has 2 heterocycles. The van der Waals surface area contributed by atoms with Crippen LogP contribution in [-0.2, 0) is 16.6 Å². The van der Waals surface area contributed by atoms with Crippen LogP contribution in [0, 0.1) is 10.1 Å². The first-order valence-corrected chi connectivity index (χ1v) is 9.32. The predicted octanol–water partition coefficient (Wildman–Crippen LogP) is 0.102. The SMILES string of the molecule is CS(=O)(=O)N(N)C(=O)c1ccc[n+](CC(=O)c2ccc([N+](=O)[O-])s2)c1. The van der Waals surface area contributed by atoms with Gasteiger partial charge in [-0.15, -0.1) is 0 Å². The number of aromatic nitrogens is 1. The van der Waals surface area contributed by atoms with E-state index in [1.165, 1.54) is 41.2 Å². The molecule has 132 valence electrons. The van der Waals surface area contributed by atoms with E-state index in [0.717, 1.165) is 17.6 Å². The van der Waals surface area contributed by atoms with Crippen LogP contribution in [0.2, 0.25) is 0 Å². The molecule has 0 spiro atoms. The summed E-state index contributed by atoms with van der Waals surface area (Å²) in [5, 5.41) is 10.5. The topological polar surface area (TPSA) is 145 Å². The molecule has 0 atom stereocenters. The van der Waals surface area contributed by atoms with E-state index in [-0.39, 0.29) is 32.2 Å². The summed E-state index contributed by atoms with van der Waals surface area (Å²) in [6.45, 7) is -0.178. The summed E-state index contributed by atoms with van der Waals surface area (Å²) in [7, 11) is -3.91. The minimum absolute atomic E-state index is 0.0274. The molecule has 2 rings (SSSR count). The van der Waals surface area contributed by atoms with E-state index in [1.54, 1.807) is 0 Å². The van der Waals surface area contributed by atoms with Crippen molar-refractivity contribution >= 4 is 38.1 Å². The Hall–Kier alpha value is -2.70. The van der Waals surface area contributed by atoms with Crippen LogP contribution in [0.1, 0.15) is 20.0 Å². The Bertz CT molecular complexity index is 953. The second-order valence-electron chi connectivity index (χ2n) is 4.95. The molecule has 0 bridgehead atoms. The van der Waals surface area contributed by atoms with E-state index >= 15 is 0 Å². The standard InChI is InChI=1S/C13H13N4O6S2/c1-25(22,23)16(14)13(19)9-3-2-6-15(7-9)8-10(18)11-4-5-12(24-11)17(20)21/h2-7H,8,14H2,1H3/q+1. The number of sulfonamides is 1. The van der Waals surface area contributed by atoms with Crippen molar-refractivity contribution in [3.05, 3.63) is 57.2 Å². The van der Waals surface area contributed by atoms with Gasteiger partial charge in [-0.25, -0.2) is 14.3 Å². The first-order chi connectivity index (χ1) is 11.6. The number of hydrogen-bond donors (Lipinski definition) is 1. The number of rotatable bonds is 6. The van der Waals surface area contributed by atoms with Crippen LogP contribution in [0.5, 0.6) is 0 Å². The van der Waals surface area contributed by atoms with Crippen molar-refractivity contribution in [3.8, 4) is 0 Å². The molecule has 25 heavy (non-hydrogen) atoms. The average molecular weight is 385 g/mol. The molecule has 0 aliphatic heterocycles. The zero-order valence-corrected chi connectivity index (χ0v) is 14.5. The lowest BCUT2D eigenvalue weighted by atomic mass is 10.2. The fraction of sp³-hybridized carbons (Fsp3) is 0.154. The fourth-order valence-corrected chi connectivity index (χ4v) is 3.00. The first-order valence-electron chi connectivity index (χ1n) is 6.65. The summed E-state index contributed by atoms with van der Waals surface area (Å²) in [5.41, 5.74) is -0.0274. The monoisotopic (exact) mass is 385 g/mol. The Labute approximate surface area is 146 Å². The molecule has 0 fully saturated rings. The number of hydrazine groups is 1. The van der Waals surface area contributed by atoms with Crippen LogP contribution < -0.4 is 10.4 Å². The third-order valence-corrected chi connectivity index (χ3v) is 4.99. The second-order valence-corrected chi connectivity index (χ2v) is 7.87. The highest BCUT2D eigenvalue weighted by molar-refractivity contribution is 7.88. The highest BCUT2D eigenvalue weighted by atomic mass is 32.2. The van der Waals surface area contributed by atoms with Crippen molar-refractivity contribution in [1.29, 1.82) is 0 Å². The van der Waals surface area contributed by atoms with Gasteiger partial charge in [-0.05, 0) is 12.1 Å². The molecule has 12 heteroatoms. The predicted molar refractivity (Wildman–Crippen MR) is 87.1 cm³/mol. The zero-order chi connectivity index (χ0) is 18.8. The highest BCUT2D eigenvalue weighted by Gasteiger charge is 2.24. The normalized spacial score (nSPS) is 11.1. The fourth-order valence-electron chi connectivity index (χ4n) is 1.84. The Balaban J connectivity index is 2.19. The van der Waals surface area contributed by atoms with Gasteiger partial charge in [0.1, 0.15) is 5.56 Å². The maximum atomic E-state index is 12.2. The van der Waals surface area contributed by atoms with Gasteiger partial charge in [0.05, 0.1) is 16.1 Å². The van der Waals surface area contributed by atoms with E-state index in [4.69, 9.17) is 5.84 Å². The van der Waals surface area contributed by atoms with Crippen molar-refractivity contribution in [2.75, 3.05) is 6.26 Å². The maximum Gasteiger partial charge on any atom is 0.324 e. The minimum atomic E-state index is -3.91. The molecule has 0 radical (unpaired) electrons. The van der Waals surface area contributed by atoms with E-state index in [2.05, 4.69) is 0 Å². The molecule has 2 aromatic rings. The lowest BCUT2D eigenvalue weighted by molar-refractivity contribution is -0.683. The second kappa shape index (κ2) is 7.04. The van der Waals surface area contributed by atoms with E-state index in [0.29, 0.717) is 0 Å². The van der Waals surface area contributed by atoms with Crippen LogP contribution in [0.15, 0.2) is 36.7 Å². The lowest BCUT2D eigenvalue weighted by Gasteiger charge is -2.12. The lowest BCUT2D eigenvalue weighted by Crippen LogP contribution is -2.44. The Kier molecular flexibility index (Phi) is 5.25. The van der Waals surface area contributed by atoms with Crippen LogP contribution in [0.4, 0.5) is 5.00 Å². The summed E-state index contributed by atoms with van der Waals surface area (Å²) in [6.07, 6.45) is 3.56. The summed E-state index contributed by atoms with van der Waals surface area (Å²) in [4.78, 5) is 34.5. The Morgan fingerprint density at radius 3 is 2.60 bits per heavy atom. The maximum absolute atomic E-state index is 12.2. The summed E-state index contributed by atoms with van der Waals surface area (Å²) in [5.74, 6) is 3.92. The smallest absolute Gasteiger partial charge is 0.286 e. The molecule has 2 aromatic heterocycles. The number of Topliss-reactive ketones (excluding diaryl/α,β-unsaturated/α-hetero) is 1. The molecule has 0 aliphatic rings. The minimum Gasteiger partial charge on any atom is -0.286 e. The zero-order valence-electron chi connectivity index (χ0n) is 12.9. The Morgan fingerprint density at radius 2 is 2.04 bits per heavy atom. The van der Waals surface area contributed by atoms with Crippen LogP contribution in [0.3, 0.4) is 0 Å². The van der Waals surface area contributed by atoms with Crippen molar-refractivity contribution in [1.82, 2.24) is 4.41 Å². The van der Waals surface area contributed by atoms with Crippen LogP contribution >= 0.6 is 11.3 Å². The number of nitro groups is 1. The van der Waals surface area contributed by atoms with Gasteiger partial charge in [-0.1, -0.05) is 11.3 Å².